The van der Waals surface area contributed by atoms with Gasteiger partial charge in [-0.05, 0) is 75.2 Å². The standard InChI is InChI=1S/C22H21ClN2O2/c1-13-5-6-18(9-14(13)2)24-12-17-10-15(3)25(16(17)4)19-7-8-21(23)20(11-19)22(26)27/h5-12H,1-4H3,(H,26,27). The summed E-state index contributed by atoms with van der Waals surface area (Å²) < 4.78 is 2.00. The molecular weight excluding hydrogens is 360 g/mol. The van der Waals surface area contributed by atoms with E-state index in [2.05, 4.69) is 31.0 Å². The number of nitrogens with zero attached hydrogens (tertiary/aromatic N) is 2. The van der Waals surface area contributed by atoms with Gasteiger partial charge in [-0.1, -0.05) is 17.7 Å². The number of carbonyl (C=O) groups is 1. The third-order valence-corrected chi connectivity index (χ3v) is 5.08. The van der Waals surface area contributed by atoms with E-state index >= 15 is 0 Å². The highest BCUT2D eigenvalue weighted by Gasteiger charge is 2.14. The third kappa shape index (κ3) is 3.81. The average Bonchev–Trinajstić information content (AvgIpc) is 2.90. The fraction of sp³-hybridized carbons (Fsp3) is 0.182. The first-order valence-electron chi connectivity index (χ1n) is 8.61. The normalized spacial score (nSPS) is 11.3. The number of aromatic nitrogens is 1. The van der Waals surface area contributed by atoms with Crippen LogP contribution in [0.3, 0.4) is 0 Å². The molecule has 0 unspecified atom stereocenters. The molecule has 0 aliphatic heterocycles. The Balaban J connectivity index is 2.00. The second-order valence-corrected chi connectivity index (χ2v) is 7.07. The Morgan fingerprint density at radius 3 is 2.44 bits per heavy atom. The Kier molecular flexibility index (Phi) is 5.19. The van der Waals surface area contributed by atoms with Crippen LogP contribution in [0.15, 0.2) is 47.5 Å². The van der Waals surface area contributed by atoms with Gasteiger partial charge in [0.15, 0.2) is 0 Å². The zero-order valence-corrected chi connectivity index (χ0v) is 16.5. The zero-order valence-electron chi connectivity index (χ0n) is 15.7. The van der Waals surface area contributed by atoms with Crippen LogP contribution in [0.25, 0.3) is 5.69 Å². The molecule has 0 saturated carbocycles. The third-order valence-electron chi connectivity index (χ3n) is 4.75. The predicted molar refractivity (Wildman–Crippen MR) is 110 cm³/mol. The molecule has 138 valence electrons. The van der Waals surface area contributed by atoms with E-state index in [1.54, 1.807) is 12.1 Å². The maximum Gasteiger partial charge on any atom is 0.337 e. The van der Waals surface area contributed by atoms with E-state index < -0.39 is 5.97 Å². The summed E-state index contributed by atoms with van der Waals surface area (Å²) in [6.45, 7) is 8.12. The van der Waals surface area contributed by atoms with Crippen LogP contribution in [0.5, 0.6) is 0 Å². The highest BCUT2D eigenvalue weighted by atomic mass is 35.5. The van der Waals surface area contributed by atoms with E-state index in [4.69, 9.17) is 11.6 Å². The number of rotatable bonds is 4. The minimum Gasteiger partial charge on any atom is -0.478 e. The summed E-state index contributed by atoms with van der Waals surface area (Å²) in [5.41, 5.74) is 7.16. The molecule has 0 bridgehead atoms. The maximum atomic E-state index is 11.4. The van der Waals surface area contributed by atoms with Gasteiger partial charge >= 0.3 is 5.97 Å². The summed E-state index contributed by atoms with van der Waals surface area (Å²) in [7, 11) is 0. The molecule has 27 heavy (non-hydrogen) atoms. The molecule has 0 aliphatic rings. The van der Waals surface area contributed by atoms with Gasteiger partial charge in [-0.25, -0.2) is 4.79 Å². The maximum absolute atomic E-state index is 11.4. The SMILES string of the molecule is Cc1ccc(N=Cc2cc(C)n(-c3ccc(Cl)c(C(=O)O)c3)c2C)cc1C. The number of carboxylic acids is 1. The van der Waals surface area contributed by atoms with Gasteiger partial charge < -0.3 is 9.67 Å². The van der Waals surface area contributed by atoms with Crippen LogP contribution >= 0.6 is 11.6 Å². The van der Waals surface area contributed by atoms with E-state index in [0.29, 0.717) is 0 Å². The van der Waals surface area contributed by atoms with Gasteiger partial charge in [-0.3, -0.25) is 4.99 Å². The van der Waals surface area contributed by atoms with Crippen molar-refractivity contribution in [2.45, 2.75) is 27.7 Å². The molecule has 0 aliphatic carbocycles. The largest absolute Gasteiger partial charge is 0.478 e. The minimum atomic E-state index is -1.04. The number of carboxylic acid groups (broad SMARTS) is 1. The molecule has 4 nitrogen and oxygen atoms in total. The summed E-state index contributed by atoms with van der Waals surface area (Å²) in [5.74, 6) is -1.04. The van der Waals surface area contributed by atoms with Crippen molar-refractivity contribution < 1.29 is 9.90 Å². The van der Waals surface area contributed by atoms with E-state index in [0.717, 1.165) is 28.3 Å². The van der Waals surface area contributed by atoms with Crippen molar-refractivity contribution in [2.75, 3.05) is 0 Å². The molecular formula is C22H21ClN2O2. The monoisotopic (exact) mass is 380 g/mol. The van der Waals surface area contributed by atoms with E-state index in [9.17, 15) is 9.90 Å². The fourth-order valence-electron chi connectivity index (χ4n) is 3.08. The lowest BCUT2D eigenvalue weighted by Gasteiger charge is -2.11. The van der Waals surface area contributed by atoms with E-state index in [1.165, 1.54) is 11.1 Å². The number of hydrogen-bond donors (Lipinski definition) is 1. The van der Waals surface area contributed by atoms with Crippen molar-refractivity contribution >= 4 is 29.5 Å². The first-order chi connectivity index (χ1) is 12.8. The molecule has 5 heteroatoms. The van der Waals surface area contributed by atoms with Gasteiger partial charge in [0.1, 0.15) is 0 Å². The topological polar surface area (TPSA) is 54.6 Å². The molecule has 0 radical (unpaired) electrons. The summed E-state index contributed by atoms with van der Waals surface area (Å²) >= 11 is 5.99. The number of halogens is 1. The fourth-order valence-corrected chi connectivity index (χ4v) is 3.28. The Labute approximate surface area is 163 Å². The van der Waals surface area contributed by atoms with Crippen LogP contribution in [-0.2, 0) is 0 Å². The summed E-state index contributed by atoms with van der Waals surface area (Å²) in [6, 6.07) is 13.2. The number of aliphatic imine (C=N–C) groups is 1. The van der Waals surface area contributed by atoms with Crippen LogP contribution in [0, 0.1) is 27.7 Å². The summed E-state index contributed by atoms with van der Waals surface area (Å²) in [4.78, 5) is 16.0. The van der Waals surface area contributed by atoms with Crippen LogP contribution in [-0.4, -0.2) is 21.9 Å². The van der Waals surface area contributed by atoms with Crippen molar-refractivity contribution in [3.05, 3.63) is 81.1 Å². The number of benzene rings is 2. The molecule has 1 heterocycles. The first-order valence-corrected chi connectivity index (χ1v) is 8.99. The molecule has 2 aromatic carbocycles. The van der Waals surface area contributed by atoms with Crippen molar-refractivity contribution in [3.8, 4) is 5.69 Å². The molecule has 1 N–H and O–H groups in total. The Morgan fingerprint density at radius 2 is 1.78 bits per heavy atom. The molecule has 0 atom stereocenters. The lowest BCUT2D eigenvalue weighted by molar-refractivity contribution is 0.0697. The van der Waals surface area contributed by atoms with Crippen molar-refractivity contribution in [1.82, 2.24) is 4.57 Å². The van der Waals surface area contributed by atoms with E-state index in [1.807, 2.05) is 42.8 Å². The number of aryl methyl sites for hydroxylation is 3. The highest BCUT2D eigenvalue weighted by Crippen LogP contribution is 2.25. The molecule has 0 saturated heterocycles. The molecule has 0 fully saturated rings. The first kappa shape index (κ1) is 18.9. The molecule has 3 aromatic rings. The number of aromatic carboxylic acids is 1. The van der Waals surface area contributed by atoms with E-state index in [-0.39, 0.29) is 10.6 Å². The Bertz CT molecular complexity index is 1060. The van der Waals surface area contributed by atoms with Gasteiger partial charge in [0, 0.05) is 28.9 Å². The summed E-state index contributed by atoms with van der Waals surface area (Å²) in [5, 5.41) is 9.55. The van der Waals surface area contributed by atoms with Crippen LogP contribution in [0.2, 0.25) is 5.02 Å². The lowest BCUT2D eigenvalue weighted by Crippen LogP contribution is -2.03. The summed E-state index contributed by atoms with van der Waals surface area (Å²) in [6.07, 6.45) is 1.84. The van der Waals surface area contributed by atoms with Crippen molar-refractivity contribution in [1.29, 1.82) is 0 Å². The van der Waals surface area contributed by atoms with Gasteiger partial charge in [0.2, 0.25) is 0 Å². The smallest absolute Gasteiger partial charge is 0.337 e. The lowest BCUT2D eigenvalue weighted by atomic mass is 10.1. The van der Waals surface area contributed by atoms with Crippen LogP contribution in [0.4, 0.5) is 5.69 Å². The molecule has 3 rings (SSSR count). The molecule has 0 amide bonds. The van der Waals surface area contributed by atoms with Gasteiger partial charge in [0.05, 0.1) is 16.3 Å². The Morgan fingerprint density at radius 1 is 1.04 bits per heavy atom. The quantitative estimate of drug-likeness (QED) is 0.580. The zero-order chi connectivity index (χ0) is 19.7. The highest BCUT2D eigenvalue weighted by molar-refractivity contribution is 6.33. The molecule has 1 aromatic heterocycles. The van der Waals surface area contributed by atoms with Crippen molar-refractivity contribution in [2.24, 2.45) is 4.99 Å². The predicted octanol–water partition coefficient (Wildman–Crippen LogP) is 5.81. The van der Waals surface area contributed by atoms with Gasteiger partial charge in [0.25, 0.3) is 0 Å². The molecule has 0 spiro atoms. The van der Waals surface area contributed by atoms with Crippen LogP contribution < -0.4 is 0 Å². The van der Waals surface area contributed by atoms with Gasteiger partial charge in [-0.15, -0.1) is 0 Å². The Hall–Kier alpha value is -2.85. The average molecular weight is 381 g/mol. The van der Waals surface area contributed by atoms with Gasteiger partial charge in [-0.2, -0.15) is 0 Å². The second kappa shape index (κ2) is 7.41. The van der Waals surface area contributed by atoms with Crippen LogP contribution in [0.1, 0.15) is 38.4 Å². The second-order valence-electron chi connectivity index (χ2n) is 6.66. The number of hydrogen-bond acceptors (Lipinski definition) is 2. The minimum absolute atomic E-state index is 0.0898. The van der Waals surface area contributed by atoms with Crippen molar-refractivity contribution in [3.63, 3.8) is 0 Å².